The number of hydrogen-bond donors (Lipinski definition) is 1. The molecule has 3 rings (SSSR count). The van der Waals surface area contributed by atoms with Gasteiger partial charge in [0.05, 0.1) is 11.8 Å². The molecule has 0 amide bonds. The zero-order valence-corrected chi connectivity index (χ0v) is 12.3. The third kappa shape index (κ3) is 2.30. The van der Waals surface area contributed by atoms with Crippen LogP contribution in [0.5, 0.6) is 0 Å². The Kier molecular flexibility index (Phi) is 3.23. The molecular weight excluding hydrogens is 400 g/mol. The Morgan fingerprint density at radius 1 is 1.33 bits per heavy atom. The van der Waals surface area contributed by atoms with E-state index in [9.17, 15) is 18.0 Å². The number of aromatic amines is 1. The summed E-state index contributed by atoms with van der Waals surface area (Å²) in [5, 5.41) is 6.28. The predicted molar refractivity (Wildman–Crippen MR) is 75.9 cm³/mol. The second-order valence-corrected chi connectivity index (χ2v) is 5.25. The Bertz CT molecular complexity index is 823. The molecule has 3 aromatic rings. The summed E-state index contributed by atoms with van der Waals surface area (Å²) in [5.41, 5.74) is -0.366. The largest absolute Gasteiger partial charge is 0.420 e. The number of H-pyrrole nitrogens is 1. The molecule has 9 heteroatoms. The molecule has 0 unspecified atom stereocenters. The first-order valence-electron chi connectivity index (χ1n) is 5.65. The summed E-state index contributed by atoms with van der Waals surface area (Å²) < 4.78 is 41.2. The number of nitrogens with zero attached hydrogens (tertiary/aromatic N) is 3. The quantitative estimate of drug-likeness (QED) is 0.526. The first-order chi connectivity index (χ1) is 9.91. The van der Waals surface area contributed by atoms with E-state index in [0.717, 1.165) is 6.07 Å². The maximum atomic E-state index is 13.2. The molecule has 5 nitrogen and oxygen atoms in total. The highest BCUT2D eigenvalue weighted by atomic mass is 127. The molecule has 0 fully saturated rings. The van der Waals surface area contributed by atoms with Gasteiger partial charge in [-0.1, -0.05) is 0 Å². The summed E-state index contributed by atoms with van der Waals surface area (Å²) in [6, 6.07) is 0.998. The van der Waals surface area contributed by atoms with Gasteiger partial charge >= 0.3 is 6.18 Å². The minimum absolute atomic E-state index is 0.0227. The van der Waals surface area contributed by atoms with Crippen LogP contribution in [0, 0.1) is 3.70 Å². The molecular formula is C12H6F3IN4O. The van der Waals surface area contributed by atoms with Crippen LogP contribution in [0.25, 0.3) is 16.8 Å². The maximum absolute atomic E-state index is 13.2. The smallest absolute Gasteiger partial charge is 0.296 e. The fourth-order valence-electron chi connectivity index (χ4n) is 1.98. The van der Waals surface area contributed by atoms with E-state index >= 15 is 0 Å². The maximum Gasteiger partial charge on any atom is 0.420 e. The molecule has 108 valence electrons. The molecule has 0 aliphatic rings. The van der Waals surface area contributed by atoms with Crippen LogP contribution in [0.15, 0.2) is 24.7 Å². The van der Waals surface area contributed by atoms with Gasteiger partial charge in [-0.25, -0.2) is 4.98 Å². The van der Waals surface area contributed by atoms with Gasteiger partial charge in [-0.3, -0.25) is 14.3 Å². The lowest BCUT2D eigenvalue weighted by molar-refractivity contribution is -0.136. The average Bonchev–Trinajstić information content (AvgIpc) is 3.05. The number of nitrogens with one attached hydrogen (secondary N) is 1. The average molecular weight is 406 g/mol. The summed E-state index contributed by atoms with van der Waals surface area (Å²) >= 11 is 1.79. The molecule has 0 aromatic carbocycles. The first kappa shape index (κ1) is 14.0. The number of pyridine rings is 1. The van der Waals surface area contributed by atoms with Gasteiger partial charge in [-0.05, 0) is 28.7 Å². The minimum Gasteiger partial charge on any atom is -0.296 e. The molecule has 0 atom stereocenters. The van der Waals surface area contributed by atoms with Crippen molar-refractivity contribution in [2.75, 3.05) is 0 Å². The van der Waals surface area contributed by atoms with E-state index in [-0.39, 0.29) is 11.3 Å². The van der Waals surface area contributed by atoms with E-state index in [1.54, 1.807) is 22.6 Å². The van der Waals surface area contributed by atoms with Crippen LogP contribution in [-0.4, -0.2) is 25.9 Å². The van der Waals surface area contributed by atoms with Crippen LogP contribution in [0.2, 0.25) is 0 Å². The highest BCUT2D eigenvalue weighted by molar-refractivity contribution is 14.1. The Morgan fingerprint density at radius 3 is 2.67 bits per heavy atom. The van der Waals surface area contributed by atoms with E-state index < -0.39 is 11.7 Å². The van der Waals surface area contributed by atoms with E-state index in [4.69, 9.17) is 0 Å². The van der Waals surface area contributed by atoms with Crippen LogP contribution in [-0.2, 0) is 6.18 Å². The lowest BCUT2D eigenvalue weighted by Gasteiger charge is -2.10. The van der Waals surface area contributed by atoms with Crippen molar-refractivity contribution in [3.8, 4) is 11.1 Å². The van der Waals surface area contributed by atoms with Crippen LogP contribution >= 0.6 is 22.6 Å². The van der Waals surface area contributed by atoms with E-state index in [1.165, 1.54) is 23.0 Å². The van der Waals surface area contributed by atoms with Crippen molar-refractivity contribution in [1.29, 1.82) is 0 Å². The Labute approximate surface area is 129 Å². The van der Waals surface area contributed by atoms with Crippen molar-refractivity contribution >= 4 is 34.5 Å². The number of halogens is 4. The fraction of sp³-hybridized carbons (Fsp3) is 0.0833. The summed E-state index contributed by atoms with van der Waals surface area (Å²) in [6.07, 6.45) is 0.275. The fourth-order valence-corrected chi connectivity index (χ4v) is 2.60. The summed E-state index contributed by atoms with van der Waals surface area (Å²) in [5.74, 6) is 0. The van der Waals surface area contributed by atoms with Gasteiger partial charge in [0.1, 0.15) is 9.39 Å². The number of aromatic nitrogens is 4. The van der Waals surface area contributed by atoms with Gasteiger partial charge in [0.2, 0.25) is 0 Å². The van der Waals surface area contributed by atoms with Crippen molar-refractivity contribution < 1.29 is 18.0 Å². The molecule has 0 bridgehead atoms. The third-order valence-corrected chi connectivity index (χ3v) is 4.01. The predicted octanol–water partition coefficient (Wildman–Crippen LogP) is 3.16. The summed E-state index contributed by atoms with van der Waals surface area (Å²) in [4.78, 5) is 14.7. The molecule has 0 saturated heterocycles. The Morgan fingerprint density at radius 2 is 2.10 bits per heavy atom. The minimum atomic E-state index is -4.57. The molecule has 0 aliphatic carbocycles. The number of aldehydes is 1. The van der Waals surface area contributed by atoms with Crippen LogP contribution in [0.3, 0.4) is 0 Å². The molecule has 21 heavy (non-hydrogen) atoms. The van der Waals surface area contributed by atoms with Gasteiger partial charge in [-0.15, -0.1) is 0 Å². The van der Waals surface area contributed by atoms with Crippen molar-refractivity contribution in [2.45, 2.75) is 6.18 Å². The number of hydrogen-bond acceptors (Lipinski definition) is 3. The lowest BCUT2D eigenvalue weighted by Crippen LogP contribution is -2.08. The van der Waals surface area contributed by atoms with Crippen LogP contribution < -0.4 is 0 Å². The number of imidazole rings is 1. The number of fused-ring (bicyclic) bond motifs is 1. The van der Waals surface area contributed by atoms with Crippen molar-refractivity contribution in [3.05, 3.63) is 39.6 Å². The molecule has 3 aromatic heterocycles. The molecule has 1 N–H and O–H groups in total. The highest BCUT2D eigenvalue weighted by Gasteiger charge is 2.35. The summed E-state index contributed by atoms with van der Waals surface area (Å²) in [6.45, 7) is 0. The number of carbonyl (C=O) groups excluding carboxylic acids is 1. The van der Waals surface area contributed by atoms with E-state index in [1.807, 2.05) is 0 Å². The van der Waals surface area contributed by atoms with Crippen LogP contribution in [0.1, 0.15) is 16.1 Å². The zero-order valence-electron chi connectivity index (χ0n) is 10.1. The van der Waals surface area contributed by atoms with Crippen molar-refractivity contribution in [3.63, 3.8) is 0 Å². The molecule has 0 spiro atoms. The molecule has 0 saturated carbocycles. The lowest BCUT2D eigenvalue weighted by atomic mass is 10.1. The first-order valence-corrected chi connectivity index (χ1v) is 6.73. The van der Waals surface area contributed by atoms with Gasteiger partial charge in [0.15, 0.2) is 11.9 Å². The topological polar surface area (TPSA) is 63.0 Å². The highest BCUT2D eigenvalue weighted by Crippen LogP contribution is 2.35. The SMILES string of the molecule is O=Cc1nc2c(C(F)(F)F)cc(-c3cn[nH]c3)cn2c1I. The van der Waals surface area contributed by atoms with Gasteiger partial charge < -0.3 is 0 Å². The van der Waals surface area contributed by atoms with Gasteiger partial charge in [0, 0.05) is 23.5 Å². The number of rotatable bonds is 2. The monoisotopic (exact) mass is 406 g/mol. The third-order valence-electron chi connectivity index (χ3n) is 2.93. The zero-order chi connectivity index (χ0) is 15.2. The van der Waals surface area contributed by atoms with Crippen LogP contribution in [0.4, 0.5) is 13.2 Å². The summed E-state index contributed by atoms with van der Waals surface area (Å²) in [7, 11) is 0. The van der Waals surface area contributed by atoms with E-state index in [2.05, 4.69) is 15.2 Å². The standard InChI is InChI=1S/C12H6F3IN4O/c13-12(14,15)8-1-6(7-2-17-18-3-7)4-20-10(16)9(5-21)19-11(8)20/h1-5H,(H,17,18). The molecule has 0 aliphatic heterocycles. The van der Waals surface area contributed by atoms with E-state index in [0.29, 0.717) is 21.1 Å². The van der Waals surface area contributed by atoms with Gasteiger partial charge in [-0.2, -0.15) is 18.3 Å². The second kappa shape index (κ2) is 4.83. The molecule has 0 radical (unpaired) electrons. The number of carbonyl (C=O) groups is 1. The second-order valence-electron chi connectivity index (χ2n) is 4.23. The Hall–Kier alpha value is -1.91. The van der Waals surface area contributed by atoms with Gasteiger partial charge in [0.25, 0.3) is 0 Å². The van der Waals surface area contributed by atoms with Crippen molar-refractivity contribution in [1.82, 2.24) is 19.6 Å². The normalized spacial score (nSPS) is 12.0. The molecule has 3 heterocycles. The Balaban J connectivity index is 2.39. The van der Waals surface area contributed by atoms with Crippen molar-refractivity contribution in [2.24, 2.45) is 0 Å². The number of alkyl halides is 3.